The molecule has 1 amide bonds. The summed E-state index contributed by atoms with van der Waals surface area (Å²) in [5.41, 5.74) is 0. The third-order valence-electron chi connectivity index (χ3n) is 4.92. The maximum absolute atomic E-state index is 11.9. The van der Waals surface area contributed by atoms with Gasteiger partial charge in [0.15, 0.2) is 0 Å². The van der Waals surface area contributed by atoms with Crippen LogP contribution in [0.2, 0.25) is 0 Å². The smallest absolute Gasteiger partial charge is 0.407 e. The maximum atomic E-state index is 11.9. The Hall–Kier alpha value is -1.26. The minimum absolute atomic E-state index is 0.0954. The first-order valence-electron chi connectivity index (χ1n) is 9.10. The fraction of sp³-hybridized carbons (Fsp3) is 0.889. The van der Waals surface area contributed by atoms with Crippen LogP contribution in [0.25, 0.3) is 0 Å². The number of rotatable bonds is 9. The molecule has 5 heteroatoms. The zero-order valence-corrected chi connectivity index (χ0v) is 14.9. The predicted octanol–water partition coefficient (Wildman–Crippen LogP) is 3.91. The van der Waals surface area contributed by atoms with Gasteiger partial charge in [-0.1, -0.05) is 46.0 Å². The first-order chi connectivity index (χ1) is 11.1. The molecule has 0 radical (unpaired) electrons. The van der Waals surface area contributed by atoms with Crippen molar-refractivity contribution < 1.29 is 19.1 Å². The molecule has 134 valence electrons. The molecule has 0 spiro atoms. The van der Waals surface area contributed by atoms with Gasteiger partial charge in [-0.25, -0.2) is 4.79 Å². The van der Waals surface area contributed by atoms with Gasteiger partial charge >= 0.3 is 12.1 Å². The summed E-state index contributed by atoms with van der Waals surface area (Å²) in [4.78, 5) is 23.7. The Morgan fingerprint density at radius 2 is 1.96 bits per heavy atom. The molecule has 23 heavy (non-hydrogen) atoms. The monoisotopic (exact) mass is 327 g/mol. The predicted molar refractivity (Wildman–Crippen MR) is 90.1 cm³/mol. The third kappa shape index (κ3) is 7.23. The van der Waals surface area contributed by atoms with Crippen LogP contribution in [0.1, 0.15) is 65.2 Å². The van der Waals surface area contributed by atoms with E-state index in [1.807, 2.05) is 0 Å². The van der Waals surface area contributed by atoms with Crippen LogP contribution >= 0.6 is 0 Å². The molecule has 0 aromatic carbocycles. The molecule has 0 saturated heterocycles. The molecule has 1 fully saturated rings. The van der Waals surface area contributed by atoms with Crippen molar-refractivity contribution >= 4 is 12.1 Å². The first kappa shape index (κ1) is 19.8. The number of hydrogen-bond donors (Lipinski definition) is 1. The van der Waals surface area contributed by atoms with E-state index < -0.39 is 0 Å². The summed E-state index contributed by atoms with van der Waals surface area (Å²) >= 11 is 0. The van der Waals surface area contributed by atoms with Crippen molar-refractivity contribution in [2.75, 3.05) is 20.3 Å². The number of unbranched alkanes of at least 4 members (excludes halogenated alkanes) is 1. The summed E-state index contributed by atoms with van der Waals surface area (Å²) in [6.07, 6.45) is 8.06. The lowest BCUT2D eigenvalue weighted by Gasteiger charge is -2.29. The molecule has 0 aromatic heterocycles. The fourth-order valence-electron chi connectivity index (χ4n) is 3.27. The van der Waals surface area contributed by atoms with Gasteiger partial charge in [-0.2, -0.15) is 0 Å². The summed E-state index contributed by atoms with van der Waals surface area (Å²) in [6, 6.07) is 0. The van der Waals surface area contributed by atoms with E-state index in [0.29, 0.717) is 19.1 Å². The number of esters is 1. The van der Waals surface area contributed by atoms with Gasteiger partial charge in [0.2, 0.25) is 0 Å². The van der Waals surface area contributed by atoms with Crippen molar-refractivity contribution in [2.45, 2.75) is 65.2 Å². The highest BCUT2D eigenvalue weighted by Crippen LogP contribution is 2.30. The molecule has 1 aliphatic rings. The van der Waals surface area contributed by atoms with Gasteiger partial charge in [0, 0.05) is 6.54 Å². The molecule has 1 saturated carbocycles. The second-order valence-corrected chi connectivity index (χ2v) is 6.57. The minimum Gasteiger partial charge on any atom is -0.469 e. The van der Waals surface area contributed by atoms with E-state index in [2.05, 4.69) is 19.2 Å². The SMILES string of the molecule is CCCCC(CC)COC(=O)NCC1CCCCC1C(=O)OC. The Labute approximate surface area is 140 Å². The van der Waals surface area contributed by atoms with Crippen LogP contribution in [-0.4, -0.2) is 32.3 Å². The average molecular weight is 327 g/mol. The van der Waals surface area contributed by atoms with Crippen molar-refractivity contribution in [1.29, 1.82) is 0 Å². The number of carbonyl (C=O) groups is 2. The number of methoxy groups -OCH3 is 1. The quantitative estimate of drug-likeness (QED) is 0.652. The second-order valence-electron chi connectivity index (χ2n) is 6.57. The molecule has 0 aromatic rings. The van der Waals surface area contributed by atoms with Crippen molar-refractivity contribution in [3.05, 3.63) is 0 Å². The number of hydrogen-bond acceptors (Lipinski definition) is 4. The van der Waals surface area contributed by atoms with Crippen molar-refractivity contribution in [2.24, 2.45) is 17.8 Å². The second kappa shape index (κ2) is 11.3. The number of alkyl carbamates (subject to hydrolysis) is 1. The third-order valence-corrected chi connectivity index (χ3v) is 4.92. The molecule has 0 heterocycles. The van der Waals surface area contributed by atoms with Crippen molar-refractivity contribution in [3.8, 4) is 0 Å². The minimum atomic E-state index is -0.367. The van der Waals surface area contributed by atoms with E-state index in [4.69, 9.17) is 9.47 Å². The zero-order valence-electron chi connectivity index (χ0n) is 14.9. The number of ether oxygens (including phenoxy) is 2. The van der Waals surface area contributed by atoms with Crippen molar-refractivity contribution in [3.63, 3.8) is 0 Å². The standard InChI is InChI=1S/C18H33NO4/c1-4-6-9-14(5-2)13-23-18(21)19-12-15-10-7-8-11-16(15)17(20)22-3/h14-16H,4-13H2,1-3H3,(H,19,21). The normalized spacial score (nSPS) is 22.2. The Kier molecular flexibility index (Phi) is 9.72. The molecule has 1 aliphatic carbocycles. The van der Waals surface area contributed by atoms with Crippen molar-refractivity contribution in [1.82, 2.24) is 5.32 Å². The Bertz CT molecular complexity index is 359. The summed E-state index contributed by atoms with van der Waals surface area (Å²) < 4.78 is 10.2. The molecule has 5 nitrogen and oxygen atoms in total. The largest absolute Gasteiger partial charge is 0.469 e. The van der Waals surface area contributed by atoms with E-state index >= 15 is 0 Å². The van der Waals surface area contributed by atoms with Gasteiger partial charge in [0.25, 0.3) is 0 Å². The zero-order chi connectivity index (χ0) is 17.1. The Balaban J connectivity index is 2.32. The van der Waals surface area contributed by atoms with Crippen LogP contribution in [0.15, 0.2) is 0 Å². The number of amides is 1. The molecule has 0 bridgehead atoms. The van der Waals surface area contributed by atoms with Crippen LogP contribution < -0.4 is 5.32 Å². The first-order valence-corrected chi connectivity index (χ1v) is 9.10. The van der Waals surface area contributed by atoms with E-state index in [1.54, 1.807) is 0 Å². The highest BCUT2D eigenvalue weighted by Gasteiger charge is 2.31. The van der Waals surface area contributed by atoms with Crippen LogP contribution in [0.5, 0.6) is 0 Å². The fourth-order valence-corrected chi connectivity index (χ4v) is 3.27. The molecular weight excluding hydrogens is 294 g/mol. The van der Waals surface area contributed by atoms with Gasteiger partial charge in [-0.15, -0.1) is 0 Å². The summed E-state index contributed by atoms with van der Waals surface area (Å²) in [5.74, 6) is 0.349. The van der Waals surface area contributed by atoms with Gasteiger partial charge in [-0.3, -0.25) is 4.79 Å². The molecular formula is C18H33NO4. The Morgan fingerprint density at radius 1 is 1.22 bits per heavy atom. The lowest BCUT2D eigenvalue weighted by molar-refractivity contribution is -0.148. The van der Waals surface area contributed by atoms with E-state index in [9.17, 15) is 9.59 Å². The average Bonchev–Trinajstić information content (AvgIpc) is 2.59. The highest BCUT2D eigenvalue weighted by atomic mass is 16.5. The van der Waals surface area contributed by atoms with Gasteiger partial charge in [0.05, 0.1) is 19.6 Å². The summed E-state index contributed by atoms with van der Waals surface area (Å²) in [7, 11) is 1.43. The maximum Gasteiger partial charge on any atom is 0.407 e. The lowest BCUT2D eigenvalue weighted by atomic mass is 9.79. The summed E-state index contributed by atoms with van der Waals surface area (Å²) in [6.45, 7) is 5.27. The van der Waals surface area contributed by atoms with Crippen LogP contribution in [0, 0.1) is 17.8 Å². The lowest BCUT2D eigenvalue weighted by Crippen LogP contribution is -2.38. The molecule has 1 N–H and O–H groups in total. The van der Waals surface area contributed by atoms with Gasteiger partial charge in [-0.05, 0) is 31.1 Å². The van der Waals surface area contributed by atoms with Crippen LogP contribution in [-0.2, 0) is 14.3 Å². The van der Waals surface area contributed by atoms with Crippen LogP contribution in [0.4, 0.5) is 4.79 Å². The number of carbonyl (C=O) groups excluding carboxylic acids is 2. The topological polar surface area (TPSA) is 64.6 Å². The van der Waals surface area contributed by atoms with E-state index in [1.165, 1.54) is 20.0 Å². The Morgan fingerprint density at radius 3 is 2.61 bits per heavy atom. The highest BCUT2D eigenvalue weighted by molar-refractivity contribution is 5.73. The summed E-state index contributed by atoms with van der Waals surface area (Å²) in [5, 5.41) is 2.83. The molecule has 0 aliphatic heterocycles. The van der Waals surface area contributed by atoms with Gasteiger partial charge in [0.1, 0.15) is 0 Å². The molecule has 1 rings (SSSR count). The van der Waals surface area contributed by atoms with E-state index in [0.717, 1.165) is 38.5 Å². The molecule has 3 atom stereocenters. The van der Waals surface area contributed by atoms with E-state index in [-0.39, 0.29) is 23.9 Å². The van der Waals surface area contributed by atoms with Gasteiger partial charge < -0.3 is 14.8 Å². The van der Waals surface area contributed by atoms with Crippen LogP contribution in [0.3, 0.4) is 0 Å². The molecule has 3 unspecified atom stereocenters. The number of nitrogens with one attached hydrogen (secondary N) is 1.